The van der Waals surface area contributed by atoms with Crippen LogP contribution < -0.4 is 9.64 Å². The summed E-state index contributed by atoms with van der Waals surface area (Å²) >= 11 is 0. The Balaban J connectivity index is 1.56. The molecule has 0 spiro atoms. The van der Waals surface area contributed by atoms with Gasteiger partial charge in [0, 0.05) is 37.3 Å². The summed E-state index contributed by atoms with van der Waals surface area (Å²) in [5.74, 6) is 1.48. The molecule has 0 fully saturated rings. The topological polar surface area (TPSA) is 59.1 Å². The van der Waals surface area contributed by atoms with Crippen LogP contribution >= 0.6 is 0 Å². The van der Waals surface area contributed by atoms with Crippen molar-refractivity contribution in [3.8, 4) is 5.75 Å². The Morgan fingerprint density at radius 3 is 2.48 bits per heavy atom. The van der Waals surface area contributed by atoms with Crippen LogP contribution in [0.1, 0.15) is 16.9 Å². The molecule has 4 aromatic rings. The van der Waals surface area contributed by atoms with E-state index in [1.165, 1.54) is 0 Å². The molecule has 6 heteroatoms. The van der Waals surface area contributed by atoms with Gasteiger partial charge in [0.1, 0.15) is 17.1 Å². The van der Waals surface area contributed by atoms with Gasteiger partial charge in [-0.1, -0.05) is 12.1 Å². The lowest BCUT2D eigenvalue weighted by atomic mass is 10.1. The molecule has 0 saturated heterocycles. The summed E-state index contributed by atoms with van der Waals surface area (Å²) in [6.07, 6.45) is 3.51. The number of hydrogen-bond acceptors (Lipinski definition) is 5. The Labute approximate surface area is 181 Å². The molecule has 1 amide bonds. The summed E-state index contributed by atoms with van der Waals surface area (Å²) in [5, 5.41) is 0.890. The molecule has 2 aromatic carbocycles. The summed E-state index contributed by atoms with van der Waals surface area (Å²) in [6.45, 7) is 0.896. The summed E-state index contributed by atoms with van der Waals surface area (Å²) in [5.41, 5.74) is 3.75. The first kappa shape index (κ1) is 20.6. The number of nitrogens with zero attached hydrogens (tertiary/aromatic N) is 2. The number of furan rings is 2. The number of fused-ring (bicyclic) bond motifs is 1. The van der Waals surface area contributed by atoms with Crippen molar-refractivity contribution in [1.29, 1.82) is 0 Å². The number of amides is 1. The van der Waals surface area contributed by atoms with Gasteiger partial charge in [-0.3, -0.25) is 4.79 Å². The highest BCUT2D eigenvalue weighted by atomic mass is 16.5. The maximum atomic E-state index is 13.3. The zero-order valence-electron chi connectivity index (χ0n) is 18.0. The average molecular weight is 418 g/mol. The van der Waals surface area contributed by atoms with Crippen LogP contribution in [0, 0.1) is 0 Å². The van der Waals surface area contributed by atoms with Crippen LogP contribution in [-0.4, -0.2) is 32.0 Å². The van der Waals surface area contributed by atoms with E-state index in [4.69, 9.17) is 13.6 Å². The first-order chi connectivity index (χ1) is 15.0. The molecule has 0 unspecified atom stereocenters. The third-order valence-electron chi connectivity index (χ3n) is 5.31. The van der Waals surface area contributed by atoms with E-state index < -0.39 is 0 Å². The normalized spacial score (nSPS) is 10.9. The third kappa shape index (κ3) is 4.74. The first-order valence-electron chi connectivity index (χ1n) is 10.1. The molecule has 4 rings (SSSR count). The van der Waals surface area contributed by atoms with Crippen molar-refractivity contribution < 1.29 is 18.4 Å². The molecule has 0 radical (unpaired) electrons. The number of anilines is 1. The Kier molecular flexibility index (Phi) is 5.98. The highest BCUT2D eigenvalue weighted by molar-refractivity contribution is 5.88. The number of rotatable bonds is 8. The van der Waals surface area contributed by atoms with Gasteiger partial charge in [-0.2, -0.15) is 0 Å². The third-order valence-corrected chi connectivity index (χ3v) is 5.31. The summed E-state index contributed by atoms with van der Waals surface area (Å²) in [6, 6.07) is 17.5. The minimum Gasteiger partial charge on any atom is -0.497 e. The van der Waals surface area contributed by atoms with Crippen LogP contribution in [0.4, 0.5) is 5.69 Å². The molecule has 31 heavy (non-hydrogen) atoms. The number of methoxy groups -OCH3 is 1. The van der Waals surface area contributed by atoms with Crippen LogP contribution in [0.15, 0.2) is 76.0 Å². The number of ether oxygens (including phenoxy) is 1. The standard InChI is InChI=1S/C25H26N2O4/c1-26(2)20-8-6-18(7-9-20)15-27(16-22-5-4-12-30-22)25(28)13-19-17-31-24-11-10-21(29-3)14-23(19)24/h4-12,14,17H,13,15-16H2,1-3H3. The number of benzene rings is 2. The van der Waals surface area contributed by atoms with Crippen molar-refractivity contribution in [3.05, 3.63) is 84.0 Å². The number of carbonyl (C=O) groups is 1. The SMILES string of the molecule is COc1ccc2occ(CC(=O)N(Cc3ccc(N(C)C)cc3)Cc3ccco3)c2c1. The van der Waals surface area contributed by atoms with Gasteiger partial charge in [-0.05, 0) is 48.0 Å². The Morgan fingerprint density at radius 2 is 1.81 bits per heavy atom. The van der Waals surface area contributed by atoms with Crippen molar-refractivity contribution in [3.63, 3.8) is 0 Å². The van der Waals surface area contributed by atoms with Gasteiger partial charge in [-0.15, -0.1) is 0 Å². The molecular formula is C25H26N2O4. The molecule has 160 valence electrons. The Bertz CT molecular complexity index is 1140. The molecule has 0 aliphatic heterocycles. The monoisotopic (exact) mass is 418 g/mol. The summed E-state index contributed by atoms with van der Waals surface area (Å²) in [4.78, 5) is 17.2. The minimum absolute atomic E-state index is 0.00129. The van der Waals surface area contributed by atoms with Crippen molar-refractivity contribution in [2.24, 2.45) is 0 Å². The zero-order chi connectivity index (χ0) is 21.8. The molecule has 0 atom stereocenters. The quantitative estimate of drug-likeness (QED) is 0.408. The van der Waals surface area contributed by atoms with Crippen molar-refractivity contribution in [2.45, 2.75) is 19.5 Å². The summed E-state index contributed by atoms with van der Waals surface area (Å²) < 4.78 is 16.5. The predicted octanol–water partition coefficient (Wildman–Crippen LogP) is 4.87. The fourth-order valence-electron chi connectivity index (χ4n) is 3.54. The predicted molar refractivity (Wildman–Crippen MR) is 120 cm³/mol. The van der Waals surface area contributed by atoms with Crippen LogP contribution in [0.25, 0.3) is 11.0 Å². The van der Waals surface area contributed by atoms with Gasteiger partial charge in [-0.25, -0.2) is 0 Å². The maximum absolute atomic E-state index is 13.3. The van der Waals surface area contributed by atoms with E-state index in [2.05, 4.69) is 24.3 Å². The molecule has 0 aliphatic rings. The lowest BCUT2D eigenvalue weighted by Gasteiger charge is -2.22. The van der Waals surface area contributed by atoms with E-state index in [0.29, 0.717) is 13.1 Å². The highest BCUT2D eigenvalue weighted by Gasteiger charge is 2.19. The van der Waals surface area contributed by atoms with E-state index in [0.717, 1.165) is 39.3 Å². The van der Waals surface area contributed by atoms with Crippen molar-refractivity contribution in [2.75, 3.05) is 26.1 Å². The second-order valence-electron chi connectivity index (χ2n) is 7.69. The molecule has 2 aromatic heterocycles. The largest absolute Gasteiger partial charge is 0.497 e. The minimum atomic E-state index is -0.00129. The second kappa shape index (κ2) is 9.00. The molecule has 0 bridgehead atoms. The van der Waals surface area contributed by atoms with E-state index in [9.17, 15) is 4.79 Å². The van der Waals surface area contributed by atoms with Crippen LogP contribution in [-0.2, 0) is 24.3 Å². The van der Waals surface area contributed by atoms with E-state index in [1.54, 1.807) is 19.6 Å². The van der Waals surface area contributed by atoms with E-state index >= 15 is 0 Å². The Hall–Kier alpha value is -3.67. The smallest absolute Gasteiger partial charge is 0.227 e. The lowest BCUT2D eigenvalue weighted by Crippen LogP contribution is -2.31. The first-order valence-corrected chi connectivity index (χ1v) is 10.1. The fourth-order valence-corrected chi connectivity index (χ4v) is 3.54. The molecular weight excluding hydrogens is 392 g/mol. The number of carbonyl (C=O) groups excluding carboxylic acids is 1. The van der Waals surface area contributed by atoms with Gasteiger partial charge in [0.25, 0.3) is 0 Å². The zero-order valence-corrected chi connectivity index (χ0v) is 18.0. The number of hydrogen-bond donors (Lipinski definition) is 0. The molecule has 2 heterocycles. The summed E-state index contributed by atoms with van der Waals surface area (Å²) in [7, 11) is 5.64. The van der Waals surface area contributed by atoms with Crippen LogP contribution in [0.2, 0.25) is 0 Å². The van der Waals surface area contributed by atoms with Gasteiger partial charge in [0.2, 0.25) is 5.91 Å². The molecule has 0 aliphatic carbocycles. The lowest BCUT2D eigenvalue weighted by molar-refractivity contribution is -0.132. The maximum Gasteiger partial charge on any atom is 0.227 e. The molecule has 0 N–H and O–H groups in total. The average Bonchev–Trinajstić information content (AvgIpc) is 3.43. The second-order valence-corrected chi connectivity index (χ2v) is 7.69. The molecule has 6 nitrogen and oxygen atoms in total. The van der Waals surface area contributed by atoms with Gasteiger partial charge >= 0.3 is 0 Å². The van der Waals surface area contributed by atoms with Crippen LogP contribution in [0.5, 0.6) is 5.75 Å². The van der Waals surface area contributed by atoms with Crippen molar-refractivity contribution in [1.82, 2.24) is 4.90 Å². The fraction of sp³-hybridized carbons (Fsp3) is 0.240. The van der Waals surface area contributed by atoms with Gasteiger partial charge in [0.15, 0.2) is 0 Å². The van der Waals surface area contributed by atoms with Crippen LogP contribution in [0.3, 0.4) is 0 Å². The van der Waals surface area contributed by atoms with Gasteiger partial charge in [0.05, 0.1) is 32.6 Å². The Morgan fingerprint density at radius 1 is 1.00 bits per heavy atom. The van der Waals surface area contributed by atoms with E-state index in [-0.39, 0.29) is 12.3 Å². The van der Waals surface area contributed by atoms with Gasteiger partial charge < -0.3 is 23.4 Å². The van der Waals surface area contributed by atoms with Crippen molar-refractivity contribution >= 4 is 22.6 Å². The van der Waals surface area contributed by atoms with E-state index in [1.807, 2.05) is 54.2 Å². The molecule has 0 saturated carbocycles. The highest BCUT2D eigenvalue weighted by Crippen LogP contribution is 2.27.